The quantitative estimate of drug-likeness (QED) is 0.243. The first-order valence-corrected chi connectivity index (χ1v) is 15.1. The van der Waals surface area contributed by atoms with Gasteiger partial charge in [-0.15, -0.1) is 0 Å². The molecule has 3 aromatic rings. The van der Waals surface area contributed by atoms with E-state index in [1.165, 1.54) is 27.9 Å². The van der Waals surface area contributed by atoms with Gasteiger partial charge in [-0.3, -0.25) is 10.1 Å². The second-order valence-electron chi connectivity index (χ2n) is 11.4. The van der Waals surface area contributed by atoms with E-state index in [2.05, 4.69) is 58.4 Å². The molecule has 1 atom stereocenters. The number of carbonyl (C=O) groups is 1. The first kappa shape index (κ1) is 30.0. The fourth-order valence-corrected chi connectivity index (χ4v) is 6.08. The van der Waals surface area contributed by atoms with Gasteiger partial charge in [0.25, 0.3) is 0 Å². The second-order valence-corrected chi connectivity index (χ2v) is 11.4. The van der Waals surface area contributed by atoms with Crippen LogP contribution in [0.15, 0.2) is 60.7 Å². The Morgan fingerprint density at radius 3 is 2.48 bits per heavy atom. The Hall–Kier alpha value is -3.43. The minimum absolute atomic E-state index is 0.118. The van der Waals surface area contributed by atoms with Gasteiger partial charge in [0, 0.05) is 38.4 Å². The maximum atomic E-state index is 11.1. The zero-order valence-corrected chi connectivity index (χ0v) is 24.5. The highest BCUT2D eigenvalue weighted by atomic mass is 16.5. The largest absolute Gasteiger partial charge is 0.489 e. The summed E-state index contributed by atoms with van der Waals surface area (Å²) >= 11 is 0. The van der Waals surface area contributed by atoms with E-state index in [9.17, 15) is 15.0 Å². The van der Waals surface area contributed by atoms with Crippen molar-refractivity contribution in [3.05, 3.63) is 82.9 Å². The van der Waals surface area contributed by atoms with Crippen molar-refractivity contribution in [1.29, 1.82) is 0 Å². The van der Waals surface area contributed by atoms with Crippen LogP contribution in [0.5, 0.6) is 5.75 Å². The lowest BCUT2D eigenvalue weighted by atomic mass is 9.92. The van der Waals surface area contributed by atoms with Gasteiger partial charge in [-0.05, 0) is 90.7 Å². The number of carboxylic acids is 1. The van der Waals surface area contributed by atoms with E-state index in [-0.39, 0.29) is 6.10 Å². The zero-order valence-electron chi connectivity index (χ0n) is 24.5. The summed E-state index contributed by atoms with van der Waals surface area (Å²) in [5, 5.41) is 30.8. The summed E-state index contributed by atoms with van der Waals surface area (Å²) in [6.45, 7) is 7.73. The average Bonchev–Trinajstić information content (AvgIpc) is 3.42. The topological polar surface area (TPSA) is 105 Å². The molecule has 0 aromatic heterocycles. The van der Waals surface area contributed by atoms with Crippen LogP contribution in [0.4, 0.5) is 5.69 Å². The highest BCUT2D eigenvalue weighted by Crippen LogP contribution is 2.38. The molecule has 1 fully saturated rings. The molecule has 0 saturated carbocycles. The van der Waals surface area contributed by atoms with Crippen LogP contribution in [0.2, 0.25) is 0 Å². The first-order chi connectivity index (χ1) is 20.4. The summed E-state index contributed by atoms with van der Waals surface area (Å²) in [6.07, 6.45) is 3.86. The van der Waals surface area contributed by atoms with Crippen molar-refractivity contribution in [1.82, 2.24) is 10.2 Å². The first-order valence-electron chi connectivity index (χ1n) is 15.1. The van der Waals surface area contributed by atoms with Crippen molar-refractivity contribution in [3.8, 4) is 16.9 Å². The number of aliphatic hydroxyl groups is 2. The average molecular weight is 574 g/mol. The third kappa shape index (κ3) is 7.31. The molecule has 2 aliphatic heterocycles. The van der Waals surface area contributed by atoms with E-state index in [4.69, 9.17) is 9.84 Å². The van der Waals surface area contributed by atoms with E-state index in [1.54, 1.807) is 0 Å². The van der Waals surface area contributed by atoms with E-state index in [0.717, 1.165) is 75.3 Å². The Labute approximate surface area is 248 Å². The van der Waals surface area contributed by atoms with Crippen LogP contribution in [0, 0.1) is 6.92 Å². The Morgan fingerprint density at radius 2 is 1.74 bits per heavy atom. The van der Waals surface area contributed by atoms with Crippen LogP contribution < -0.4 is 15.0 Å². The number of nitrogens with one attached hydrogen (secondary N) is 1. The van der Waals surface area contributed by atoms with Gasteiger partial charge in [-0.1, -0.05) is 42.5 Å². The maximum Gasteiger partial charge on any atom is 0.323 e. The summed E-state index contributed by atoms with van der Waals surface area (Å²) in [4.78, 5) is 16.1. The second kappa shape index (κ2) is 14.2. The summed E-state index contributed by atoms with van der Waals surface area (Å²) in [6, 6.07) is 19.7. The number of piperidine rings is 1. The molecule has 224 valence electrons. The molecule has 2 aliphatic rings. The van der Waals surface area contributed by atoms with Crippen molar-refractivity contribution in [2.75, 3.05) is 44.2 Å². The Balaban J connectivity index is 1.19. The fraction of sp³-hybridized carbons (Fsp3) is 0.441. The fourth-order valence-electron chi connectivity index (χ4n) is 6.08. The number of rotatable bonds is 13. The number of aliphatic carboxylic acids is 1. The van der Waals surface area contributed by atoms with Gasteiger partial charge in [-0.25, -0.2) is 0 Å². The van der Waals surface area contributed by atoms with Crippen LogP contribution in [0.25, 0.3) is 11.1 Å². The minimum Gasteiger partial charge on any atom is -0.489 e. The van der Waals surface area contributed by atoms with Crippen LogP contribution in [-0.4, -0.2) is 77.7 Å². The number of hydrogen-bond acceptors (Lipinski definition) is 7. The lowest BCUT2D eigenvalue weighted by molar-refractivity contribution is -0.140. The molecule has 0 bridgehead atoms. The number of aliphatic hydroxyl groups excluding tert-OH is 2. The molecule has 8 heteroatoms. The predicted octanol–water partition coefficient (Wildman–Crippen LogP) is 3.99. The molecule has 5 rings (SSSR count). The predicted molar refractivity (Wildman–Crippen MR) is 165 cm³/mol. The number of likely N-dealkylation sites (tertiary alicyclic amines) is 1. The molecule has 3 aromatic carbocycles. The summed E-state index contributed by atoms with van der Waals surface area (Å²) in [5.41, 5.74) is 8.61. The molecular formula is C34H43N3O5. The third-order valence-corrected chi connectivity index (χ3v) is 8.67. The Kier molecular flexibility index (Phi) is 10.1. The smallest absolute Gasteiger partial charge is 0.323 e. The van der Waals surface area contributed by atoms with Crippen molar-refractivity contribution in [3.63, 3.8) is 0 Å². The van der Waals surface area contributed by atoms with Gasteiger partial charge in [0.15, 0.2) is 0 Å². The molecule has 0 unspecified atom stereocenters. The van der Waals surface area contributed by atoms with Gasteiger partial charge in [0.05, 0.1) is 12.7 Å². The van der Waals surface area contributed by atoms with Gasteiger partial charge < -0.3 is 29.9 Å². The standard InChI is InChI=1S/C34H43N3O5/c1-24-26(23-42-28-11-9-25(10-12-28)21-35-32(22-38)34(40)41)5-2-6-29(24)30-7-3-8-33-31(30)15-20-37(33)17-4-16-36-18-13-27(39)14-19-36/h2-3,5-12,27,32,35,38-39H,4,13-23H2,1H3,(H,40,41)/t32-/m0/s1. The summed E-state index contributed by atoms with van der Waals surface area (Å²) in [5.74, 6) is -0.323. The van der Waals surface area contributed by atoms with Gasteiger partial charge in [0.1, 0.15) is 18.4 Å². The molecule has 0 amide bonds. The zero-order chi connectivity index (χ0) is 29.5. The molecule has 1 saturated heterocycles. The Morgan fingerprint density at radius 1 is 1.00 bits per heavy atom. The molecule has 0 aliphatic carbocycles. The molecule has 2 heterocycles. The summed E-state index contributed by atoms with van der Waals surface area (Å²) < 4.78 is 6.13. The molecule has 42 heavy (non-hydrogen) atoms. The lowest BCUT2D eigenvalue weighted by Crippen LogP contribution is -2.39. The minimum atomic E-state index is -1.07. The van der Waals surface area contributed by atoms with E-state index < -0.39 is 18.6 Å². The monoisotopic (exact) mass is 573 g/mol. The van der Waals surface area contributed by atoms with Crippen molar-refractivity contribution >= 4 is 11.7 Å². The molecule has 0 spiro atoms. The number of benzene rings is 3. The van der Waals surface area contributed by atoms with Crippen LogP contribution >= 0.6 is 0 Å². The van der Waals surface area contributed by atoms with Crippen molar-refractivity contribution in [2.24, 2.45) is 0 Å². The normalized spacial score (nSPS) is 16.4. The number of nitrogens with zero attached hydrogens (tertiary/aromatic N) is 2. The molecule has 4 N–H and O–H groups in total. The van der Waals surface area contributed by atoms with E-state index >= 15 is 0 Å². The third-order valence-electron chi connectivity index (χ3n) is 8.67. The van der Waals surface area contributed by atoms with Crippen molar-refractivity contribution < 1.29 is 24.9 Å². The van der Waals surface area contributed by atoms with Gasteiger partial charge in [-0.2, -0.15) is 0 Å². The molecular weight excluding hydrogens is 530 g/mol. The number of fused-ring (bicyclic) bond motifs is 1. The van der Waals surface area contributed by atoms with Crippen LogP contribution in [0.1, 0.15) is 41.5 Å². The highest BCUT2D eigenvalue weighted by Gasteiger charge is 2.24. The lowest BCUT2D eigenvalue weighted by Gasteiger charge is -2.30. The van der Waals surface area contributed by atoms with Gasteiger partial charge >= 0.3 is 5.97 Å². The van der Waals surface area contributed by atoms with E-state index in [1.807, 2.05) is 24.3 Å². The van der Waals surface area contributed by atoms with E-state index in [0.29, 0.717) is 13.2 Å². The number of hydrogen-bond donors (Lipinski definition) is 4. The van der Waals surface area contributed by atoms with Crippen LogP contribution in [-0.2, 0) is 24.4 Å². The molecule has 8 nitrogen and oxygen atoms in total. The summed E-state index contributed by atoms with van der Waals surface area (Å²) in [7, 11) is 0. The SMILES string of the molecule is Cc1c(COc2ccc(CN[C@@H](CO)C(=O)O)cc2)cccc1-c1cccc2c1CCN2CCCN1CCC(O)CC1. The van der Waals surface area contributed by atoms with Gasteiger partial charge in [0.2, 0.25) is 0 Å². The number of ether oxygens (including phenoxy) is 1. The van der Waals surface area contributed by atoms with Crippen molar-refractivity contribution in [2.45, 2.75) is 57.9 Å². The Bertz CT molecular complexity index is 1340. The van der Waals surface area contributed by atoms with Crippen LogP contribution in [0.3, 0.4) is 0 Å². The highest BCUT2D eigenvalue weighted by molar-refractivity contribution is 5.79. The molecule has 0 radical (unpaired) electrons. The number of anilines is 1. The maximum absolute atomic E-state index is 11.1. The number of carboxylic acid groups (broad SMARTS) is 1.